The van der Waals surface area contributed by atoms with Gasteiger partial charge >= 0.3 is 0 Å². The number of nitrogens with zero attached hydrogens (tertiary/aromatic N) is 2. The fraction of sp³-hybridized carbons (Fsp3) is 0.333. The number of aryl methyl sites for hydroxylation is 1. The van der Waals surface area contributed by atoms with Gasteiger partial charge in [-0.2, -0.15) is 5.26 Å². The highest BCUT2D eigenvalue weighted by molar-refractivity contribution is 9.10. The zero-order chi connectivity index (χ0) is 10.0. The first-order valence-electron chi connectivity index (χ1n) is 3.72. The second-order valence-corrected chi connectivity index (χ2v) is 3.42. The van der Waals surface area contributed by atoms with Crippen molar-refractivity contribution >= 4 is 15.9 Å². The van der Waals surface area contributed by atoms with Crippen LogP contribution in [0, 0.1) is 25.2 Å². The minimum atomic E-state index is 0.361. The van der Waals surface area contributed by atoms with Crippen LogP contribution in [-0.4, -0.2) is 12.1 Å². The van der Waals surface area contributed by atoms with Gasteiger partial charge in [-0.05, 0) is 29.8 Å². The highest BCUT2D eigenvalue weighted by Crippen LogP contribution is 2.31. The molecule has 0 amide bonds. The molecule has 1 rings (SSSR count). The Labute approximate surface area is 85.5 Å². The number of nitriles is 1. The summed E-state index contributed by atoms with van der Waals surface area (Å²) in [5.74, 6) is 0.684. The third-order valence-corrected chi connectivity index (χ3v) is 2.62. The lowest BCUT2D eigenvalue weighted by Gasteiger charge is -2.09. The molecule has 3 nitrogen and oxygen atoms in total. The van der Waals surface area contributed by atoms with Crippen LogP contribution >= 0.6 is 15.9 Å². The lowest BCUT2D eigenvalue weighted by Crippen LogP contribution is -1.98. The molecule has 0 fully saturated rings. The molecule has 0 radical (unpaired) electrons. The van der Waals surface area contributed by atoms with Gasteiger partial charge in [0.25, 0.3) is 0 Å². The van der Waals surface area contributed by atoms with Gasteiger partial charge in [-0.3, -0.25) is 0 Å². The summed E-state index contributed by atoms with van der Waals surface area (Å²) >= 11 is 3.28. The second-order valence-electron chi connectivity index (χ2n) is 2.63. The van der Waals surface area contributed by atoms with Crippen LogP contribution in [0.1, 0.15) is 17.0 Å². The molecule has 13 heavy (non-hydrogen) atoms. The van der Waals surface area contributed by atoms with Crippen LogP contribution in [0.15, 0.2) is 4.47 Å². The first-order valence-corrected chi connectivity index (χ1v) is 4.52. The van der Waals surface area contributed by atoms with Gasteiger partial charge in [-0.1, -0.05) is 0 Å². The molecule has 0 atom stereocenters. The SMILES string of the molecule is COc1c(C)c(C)nc(C#N)c1Br. The Hall–Kier alpha value is -1.08. The maximum Gasteiger partial charge on any atom is 0.158 e. The van der Waals surface area contributed by atoms with E-state index in [2.05, 4.69) is 20.9 Å². The van der Waals surface area contributed by atoms with Gasteiger partial charge < -0.3 is 4.74 Å². The van der Waals surface area contributed by atoms with Crippen molar-refractivity contribution in [1.29, 1.82) is 5.26 Å². The molecule has 0 saturated heterocycles. The van der Waals surface area contributed by atoms with Crippen LogP contribution in [0.2, 0.25) is 0 Å². The number of ether oxygens (including phenoxy) is 1. The van der Waals surface area contributed by atoms with Crippen LogP contribution in [0.25, 0.3) is 0 Å². The molecule has 1 aromatic heterocycles. The van der Waals surface area contributed by atoms with E-state index in [0.717, 1.165) is 11.3 Å². The first-order chi connectivity index (χ1) is 6.11. The molecule has 0 aromatic carbocycles. The van der Waals surface area contributed by atoms with Gasteiger partial charge in [-0.25, -0.2) is 4.98 Å². The number of rotatable bonds is 1. The maximum atomic E-state index is 8.76. The van der Waals surface area contributed by atoms with Crippen molar-refractivity contribution < 1.29 is 4.74 Å². The van der Waals surface area contributed by atoms with Crippen LogP contribution in [0.5, 0.6) is 5.75 Å². The van der Waals surface area contributed by atoms with E-state index in [0.29, 0.717) is 15.9 Å². The average Bonchev–Trinajstić information content (AvgIpc) is 2.12. The quantitative estimate of drug-likeness (QED) is 0.758. The van der Waals surface area contributed by atoms with E-state index in [-0.39, 0.29) is 0 Å². The summed E-state index contributed by atoms with van der Waals surface area (Å²) < 4.78 is 5.79. The Morgan fingerprint density at radius 3 is 2.54 bits per heavy atom. The van der Waals surface area contributed by atoms with Crippen molar-refractivity contribution in [3.63, 3.8) is 0 Å². The molecule has 0 aliphatic rings. The van der Waals surface area contributed by atoms with E-state index >= 15 is 0 Å². The number of halogens is 1. The molecule has 0 saturated carbocycles. The Morgan fingerprint density at radius 2 is 2.08 bits per heavy atom. The average molecular weight is 241 g/mol. The topological polar surface area (TPSA) is 45.9 Å². The van der Waals surface area contributed by atoms with Gasteiger partial charge in [0, 0.05) is 11.3 Å². The molecule has 0 bridgehead atoms. The maximum absolute atomic E-state index is 8.76. The molecule has 0 spiro atoms. The van der Waals surface area contributed by atoms with E-state index in [9.17, 15) is 0 Å². The highest BCUT2D eigenvalue weighted by atomic mass is 79.9. The fourth-order valence-electron chi connectivity index (χ4n) is 1.05. The third kappa shape index (κ3) is 1.65. The zero-order valence-corrected chi connectivity index (χ0v) is 9.27. The minimum absolute atomic E-state index is 0.361. The van der Waals surface area contributed by atoms with Crippen molar-refractivity contribution in [2.24, 2.45) is 0 Å². The smallest absolute Gasteiger partial charge is 0.158 e. The summed E-state index contributed by atoms with van der Waals surface area (Å²) in [5.41, 5.74) is 2.13. The number of aromatic nitrogens is 1. The Kier molecular flexibility index (Phi) is 2.89. The van der Waals surface area contributed by atoms with E-state index in [1.165, 1.54) is 0 Å². The Balaban J connectivity index is 3.50. The second kappa shape index (κ2) is 3.75. The van der Waals surface area contributed by atoms with Crippen LogP contribution in [0.4, 0.5) is 0 Å². The zero-order valence-electron chi connectivity index (χ0n) is 7.68. The molecule has 4 heteroatoms. The van der Waals surface area contributed by atoms with Crippen molar-refractivity contribution in [1.82, 2.24) is 4.98 Å². The monoisotopic (exact) mass is 240 g/mol. The summed E-state index contributed by atoms with van der Waals surface area (Å²) in [7, 11) is 1.58. The van der Waals surface area contributed by atoms with Gasteiger partial charge in [0.15, 0.2) is 5.69 Å². The van der Waals surface area contributed by atoms with Crippen LogP contribution in [-0.2, 0) is 0 Å². The number of pyridine rings is 1. The van der Waals surface area contributed by atoms with Crippen molar-refractivity contribution in [2.45, 2.75) is 13.8 Å². The molecule has 0 unspecified atom stereocenters. The Bertz CT molecular complexity index is 382. The first kappa shape index (κ1) is 10.0. The van der Waals surface area contributed by atoms with Crippen LogP contribution in [0.3, 0.4) is 0 Å². The number of methoxy groups -OCH3 is 1. The predicted molar refractivity (Wildman–Crippen MR) is 52.7 cm³/mol. The predicted octanol–water partition coefficient (Wildman–Crippen LogP) is 2.34. The minimum Gasteiger partial charge on any atom is -0.495 e. The lowest BCUT2D eigenvalue weighted by molar-refractivity contribution is 0.407. The number of hydrogen-bond acceptors (Lipinski definition) is 3. The number of hydrogen-bond donors (Lipinski definition) is 0. The van der Waals surface area contributed by atoms with E-state index < -0.39 is 0 Å². The standard InChI is InChI=1S/C9H9BrN2O/c1-5-6(2)12-7(4-11)8(10)9(5)13-3/h1-3H3. The molecule has 0 N–H and O–H groups in total. The fourth-order valence-corrected chi connectivity index (χ4v) is 1.69. The van der Waals surface area contributed by atoms with Crippen LogP contribution < -0.4 is 4.74 Å². The van der Waals surface area contributed by atoms with Gasteiger partial charge in [-0.15, -0.1) is 0 Å². The largest absolute Gasteiger partial charge is 0.495 e. The molecule has 1 heterocycles. The van der Waals surface area contributed by atoms with Crippen molar-refractivity contribution in [2.75, 3.05) is 7.11 Å². The molecule has 68 valence electrons. The van der Waals surface area contributed by atoms with Gasteiger partial charge in [0.05, 0.1) is 11.6 Å². The van der Waals surface area contributed by atoms with Crippen molar-refractivity contribution in [3.8, 4) is 11.8 Å². The summed E-state index contributed by atoms with van der Waals surface area (Å²) in [6.45, 7) is 3.76. The molecular formula is C9H9BrN2O. The normalized spacial score (nSPS) is 9.46. The molecule has 0 aliphatic carbocycles. The molecule has 0 aliphatic heterocycles. The van der Waals surface area contributed by atoms with E-state index in [4.69, 9.17) is 10.00 Å². The van der Waals surface area contributed by atoms with E-state index in [1.54, 1.807) is 7.11 Å². The lowest BCUT2D eigenvalue weighted by atomic mass is 10.2. The third-order valence-electron chi connectivity index (χ3n) is 1.88. The highest BCUT2D eigenvalue weighted by Gasteiger charge is 2.13. The molecular weight excluding hydrogens is 232 g/mol. The summed E-state index contributed by atoms with van der Waals surface area (Å²) in [6, 6.07) is 2.00. The van der Waals surface area contributed by atoms with Crippen molar-refractivity contribution in [3.05, 3.63) is 21.4 Å². The summed E-state index contributed by atoms with van der Waals surface area (Å²) in [4.78, 5) is 4.11. The van der Waals surface area contributed by atoms with E-state index in [1.807, 2.05) is 19.9 Å². The van der Waals surface area contributed by atoms with Gasteiger partial charge in [0.1, 0.15) is 11.8 Å². The van der Waals surface area contributed by atoms with Gasteiger partial charge in [0.2, 0.25) is 0 Å². The summed E-state index contributed by atoms with van der Waals surface area (Å²) in [6.07, 6.45) is 0. The molecule has 1 aromatic rings. The Morgan fingerprint density at radius 1 is 1.46 bits per heavy atom. The summed E-state index contributed by atoms with van der Waals surface area (Å²) in [5, 5.41) is 8.76.